The molecule has 0 aliphatic heterocycles. The molecule has 0 heterocycles. The third kappa shape index (κ3) is 4.21. The van der Waals surface area contributed by atoms with Gasteiger partial charge in [-0.2, -0.15) is 0 Å². The summed E-state index contributed by atoms with van der Waals surface area (Å²) >= 11 is 5.44. The average molecular weight is 414 g/mol. The standard InChI is InChI=1S/C12H14BrFINO/c1-7(2)11(6-15)16-12(17)9-5-8(13)3-4-10(9)14/h3-5,7,11H,6H2,1-2H3,(H,16,17). The fraction of sp³-hybridized carbons (Fsp3) is 0.417. The Hall–Kier alpha value is -0.170. The molecular weight excluding hydrogens is 400 g/mol. The van der Waals surface area contributed by atoms with Crippen LogP contribution >= 0.6 is 38.5 Å². The van der Waals surface area contributed by atoms with Gasteiger partial charge in [0.25, 0.3) is 5.91 Å². The maximum atomic E-state index is 13.5. The first-order valence-corrected chi connectivity index (χ1v) is 7.59. The van der Waals surface area contributed by atoms with Crippen LogP contribution in [0.2, 0.25) is 0 Å². The van der Waals surface area contributed by atoms with Gasteiger partial charge >= 0.3 is 0 Å². The molecule has 2 nitrogen and oxygen atoms in total. The van der Waals surface area contributed by atoms with Crippen LogP contribution in [0.4, 0.5) is 4.39 Å². The lowest BCUT2D eigenvalue weighted by Crippen LogP contribution is -2.40. The second-order valence-electron chi connectivity index (χ2n) is 4.10. The highest BCUT2D eigenvalue weighted by molar-refractivity contribution is 14.1. The smallest absolute Gasteiger partial charge is 0.254 e. The predicted molar refractivity (Wildman–Crippen MR) is 79.1 cm³/mol. The fourth-order valence-corrected chi connectivity index (χ4v) is 2.90. The van der Waals surface area contributed by atoms with Crippen molar-refractivity contribution in [2.45, 2.75) is 19.9 Å². The maximum Gasteiger partial charge on any atom is 0.254 e. The molecule has 0 saturated heterocycles. The molecule has 0 aliphatic carbocycles. The van der Waals surface area contributed by atoms with Gasteiger partial charge in [0.05, 0.1) is 5.56 Å². The molecule has 0 saturated carbocycles. The van der Waals surface area contributed by atoms with Gasteiger partial charge in [-0.15, -0.1) is 0 Å². The van der Waals surface area contributed by atoms with Crippen LogP contribution in [0.5, 0.6) is 0 Å². The predicted octanol–water partition coefficient (Wildman–Crippen LogP) is 3.78. The first kappa shape index (κ1) is 14.9. The molecule has 1 N–H and O–H groups in total. The first-order valence-electron chi connectivity index (χ1n) is 5.27. The summed E-state index contributed by atoms with van der Waals surface area (Å²) in [5.41, 5.74) is 0.0786. The largest absolute Gasteiger partial charge is 0.348 e. The molecule has 1 aromatic carbocycles. The molecule has 0 fully saturated rings. The van der Waals surface area contributed by atoms with Gasteiger partial charge in [0.15, 0.2) is 0 Å². The summed E-state index contributed by atoms with van der Waals surface area (Å²) in [5, 5.41) is 2.84. The zero-order valence-corrected chi connectivity index (χ0v) is 13.4. The molecule has 0 spiro atoms. The second-order valence-corrected chi connectivity index (χ2v) is 5.90. The highest BCUT2D eigenvalue weighted by Gasteiger charge is 2.18. The van der Waals surface area contributed by atoms with E-state index >= 15 is 0 Å². The molecule has 1 rings (SSSR count). The highest BCUT2D eigenvalue weighted by Crippen LogP contribution is 2.16. The SMILES string of the molecule is CC(C)C(CI)NC(=O)c1cc(Br)ccc1F. The number of alkyl halides is 1. The van der Waals surface area contributed by atoms with E-state index in [-0.39, 0.29) is 17.5 Å². The Labute approximate surface area is 123 Å². The van der Waals surface area contributed by atoms with Crippen LogP contribution in [-0.4, -0.2) is 16.4 Å². The molecule has 0 bridgehead atoms. The van der Waals surface area contributed by atoms with Gasteiger partial charge in [-0.3, -0.25) is 4.79 Å². The molecule has 1 amide bonds. The summed E-state index contributed by atoms with van der Waals surface area (Å²) in [6.45, 7) is 4.06. The lowest BCUT2D eigenvalue weighted by Gasteiger charge is -2.20. The Bertz CT molecular complexity index is 411. The zero-order chi connectivity index (χ0) is 13.0. The van der Waals surface area contributed by atoms with Crippen LogP contribution in [0.3, 0.4) is 0 Å². The van der Waals surface area contributed by atoms with Gasteiger partial charge in [-0.05, 0) is 24.1 Å². The minimum atomic E-state index is -0.498. The summed E-state index contributed by atoms with van der Waals surface area (Å²) in [5.74, 6) is -0.535. The van der Waals surface area contributed by atoms with Crippen LogP contribution in [0.1, 0.15) is 24.2 Å². The third-order valence-corrected chi connectivity index (χ3v) is 3.90. The van der Waals surface area contributed by atoms with Gasteiger partial charge in [0, 0.05) is 14.9 Å². The van der Waals surface area contributed by atoms with E-state index in [9.17, 15) is 9.18 Å². The molecule has 1 atom stereocenters. The van der Waals surface area contributed by atoms with Crippen LogP contribution in [-0.2, 0) is 0 Å². The zero-order valence-electron chi connectivity index (χ0n) is 9.64. The van der Waals surface area contributed by atoms with Crippen molar-refractivity contribution in [1.82, 2.24) is 5.32 Å². The Morgan fingerprint density at radius 3 is 2.71 bits per heavy atom. The second kappa shape index (κ2) is 6.68. The molecule has 5 heteroatoms. The van der Waals surface area contributed by atoms with E-state index in [0.29, 0.717) is 10.4 Å². The summed E-state index contributed by atoms with van der Waals surface area (Å²) < 4.78 is 15.0. The lowest BCUT2D eigenvalue weighted by atomic mass is 10.1. The van der Waals surface area contributed by atoms with Crippen LogP contribution < -0.4 is 5.32 Å². The molecule has 1 unspecified atom stereocenters. The van der Waals surface area contributed by atoms with E-state index in [0.717, 1.165) is 4.43 Å². The molecule has 1 aromatic rings. The van der Waals surface area contributed by atoms with Crippen molar-refractivity contribution >= 4 is 44.4 Å². The lowest BCUT2D eigenvalue weighted by molar-refractivity contribution is 0.0928. The molecular formula is C12H14BrFINO. The molecule has 17 heavy (non-hydrogen) atoms. The fourth-order valence-electron chi connectivity index (χ4n) is 1.30. The Balaban J connectivity index is 2.86. The van der Waals surface area contributed by atoms with Crippen LogP contribution in [0.25, 0.3) is 0 Å². The van der Waals surface area contributed by atoms with Crippen molar-refractivity contribution in [1.29, 1.82) is 0 Å². The van der Waals surface area contributed by atoms with Crippen molar-refractivity contribution < 1.29 is 9.18 Å². The molecule has 94 valence electrons. The van der Waals surface area contributed by atoms with E-state index in [1.165, 1.54) is 12.1 Å². The third-order valence-electron chi connectivity index (χ3n) is 2.46. The average Bonchev–Trinajstić information content (AvgIpc) is 2.28. The highest BCUT2D eigenvalue weighted by atomic mass is 127. The molecule has 0 radical (unpaired) electrons. The molecule has 0 aromatic heterocycles. The van der Waals surface area contributed by atoms with E-state index in [1.807, 2.05) is 13.8 Å². The van der Waals surface area contributed by atoms with Gasteiger partial charge in [-0.25, -0.2) is 4.39 Å². The quantitative estimate of drug-likeness (QED) is 0.590. The van der Waals surface area contributed by atoms with E-state index in [2.05, 4.69) is 43.8 Å². The van der Waals surface area contributed by atoms with Crippen molar-refractivity contribution in [2.75, 3.05) is 4.43 Å². The number of amides is 1. The van der Waals surface area contributed by atoms with E-state index in [1.54, 1.807) is 6.07 Å². The topological polar surface area (TPSA) is 29.1 Å². The summed E-state index contributed by atoms with van der Waals surface area (Å²) in [4.78, 5) is 11.9. The Morgan fingerprint density at radius 2 is 2.18 bits per heavy atom. The van der Waals surface area contributed by atoms with Crippen LogP contribution in [0.15, 0.2) is 22.7 Å². The van der Waals surface area contributed by atoms with E-state index < -0.39 is 5.82 Å². The van der Waals surface area contributed by atoms with Crippen molar-refractivity contribution in [2.24, 2.45) is 5.92 Å². The number of benzene rings is 1. The number of halogens is 3. The Morgan fingerprint density at radius 1 is 1.53 bits per heavy atom. The van der Waals surface area contributed by atoms with Gasteiger partial charge in [-0.1, -0.05) is 52.4 Å². The van der Waals surface area contributed by atoms with Crippen molar-refractivity contribution in [3.8, 4) is 0 Å². The Kier molecular flexibility index (Phi) is 5.85. The summed E-state index contributed by atoms with van der Waals surface area (Å²) in [6.07, 6.45) is 0. The first-order chi connectivity index (χ1) is 7.95. The van der Waals surface area contributed by atoms with Crippen molar-refractivity contribution in [3.63, 3.8) is 0 Å². The minimum Gasteiger partial charge on any atom is -0.348 e. The normalized spacial score (nSPS) is 12.6. The number of nitrogens with one attached hydrogen (secondary N) is 1. The van der Waals surface area contributed by atoms with Crippen molar-refractivity contribution in [3.05, 3.63) is 34.1 Å². The number of carbonyl (C=O) groups excluding carboxylic acids is 1. The number of carbonyl (C=O) groups is 1. The number of hydrogen-bond donors (Lipinski definition) is 1. The monoisotopic (exact) mass is 413 g/mol. The minimum absolute atomic E-state index is 0.0569. The summed E-state index contributed by atoms with van der Waals surface area (Å²) in [6, 6.07) is 4.41. The number of hydrogen-bond acceptors (Lipinski definition) is 1. The van der Waals surface area contributed by atoms with Gasteiger partial charge < -0.3 is 5.32 Å². The number of rotatable bonds is 4. The van der Waals surface area contributed by atoms with E-state index in [4.69, 9.17) is 0 Å². The van der Waals surface area contributed by atoms with Gasteiger partial charge in [0.1, 0.15) is 5.82 Å². The van der Waals surface area contributed by atoms with Crippen LogP contribution in [0, 0.1) is 11.7 Å². The summed E-state index contributed by atoms with van der Waals surface area (Å²) in [7, 11) is 0. The maximum absolute atomic E-state index is 13.5. The molecule has 0 aliphatic rings. The van der Waals surface area contributed by atoms with Gasteiger partial charge in [0.2, 0.25) is 0 Å².